The molecule has 1 N–H and O–H groups in total. The van der Waals surface area contributed by atoms with Gasteiger partial charge < -0.3 is 10.1 Å². The zero-order valence-electron chi connectivity index (χ0n) is 12.0. The second-order valence-electron chi connectivity index (χ2n) is 5.07. The topological polar surface area (TPSA) is 67.6 Å². The van der Waals surface area contributed by atoms with Crippen molar-refractivity contribution in [3.63, 3.8) is 0 Å². The third-order valence-corrected chi connectivity index (χ3v) is 3.59. The first kappa shape index (κ1) is 14.7. The van der Waals surface area contributed by atoms with Gasteiger partial charge in [-0.05, 0) is 32.0 Å². The second kappa shape index (κ2) is 6.67. The molecule has 1 atom stereocenters. The quantitative estimate of drug-likeness (QED) is 0.639. The van der Waals surface area contributed by atoms with Gasteiger partial charge in [0.1, 0.15) is 5.69 Å². The van der Waals surface area contributed by atoms with Crippen molar-refractivity contribution in [1.29, 1.82) is 0 Å². The largest absolute Gasteiger partial charge is 0.380 e. The Kier molecular flexibility index (Phi) is 4.92. The Labute approximate surface area is 118 Å². The van der Waals surface area contributed by atoms with Crippen LogP contribution in [0.1, 0.15) is 18.9 Å². The SMILES string of the molecule is CCNc1ccc(CN(C)C2CCOC2)cc1[N+](=O)[O-]. The van der Waals surface area contributed by atoms with Crippen molar-refractivity contribution in [2.75, 3.05) is 32.1 Å². The van der Waals surface area contributed by atoms with Gasteiger partial charge in [0.25, 0.3) is 5.69 Å². The maximum Gasteiger partial charge on any atom is 0.292 e. The number of ether oxygens (including phenoxy) is 1. The highest BCUT2D eigenvalue weighted by Crippen LogP contribution is 2.26. The molecule has 0 aromatic heterocycles. The van der Waals surface area contributed by atoms with E-state index in [2.05, 4.69) is 10.2 Å². The van der Waals surface area contributed by atoms with Gasteiger partial charge in [-0.1, -0.05) is 6.07 Å². The minimum atomic E-state index is -0.333. The molecule has 1 unspecified atom stereocenters. The summed E-state index contributed by atoms with van der Waals surface area (Å²) in [5, 5.41) is 14.1. The Balaban J connectivity index is 2.11. The molecule has 1 aliphatic rings. The van der Waals surface area contributed by atoms with Crippen LogP contribution in [0.25, 0.3) is 0 Å². The van der Waals surface area contributed by atoms with E-state index < -0.39 is 0 Å². The first-order chi connectivity index (χ1) is 9.61. The van der Waals surface area contributed by atoms with Gasteiger partial charge in [0, 0.05) is 31.8 Å². The number of nitrogens with one attached hydrogen (secondary N) is 1. The fourth-order valence-electron chi connectivity index (χ4n) is 2.45. The lowest BCUT2D eigenvalue weighted by Crippen LogP contribution is -2.31. The summed E-state index contributed by atoms with van der Waals surface area (Å²) in [5.41, 5.74) is 1.67. The second-order valence-corrected chi connectivity index (χ2v) is 5.07. The van der Waals surface area contributed by atoms with E-state index in [4.69, 9.17) is 4.74 Å². The average Bonchev–Trinajstić information content (AvgIpc) is 2.94. The lowest BCUT2D eigenvalue weighted by molar-refractivity contribution is -0.384. The molecule has 110 valence electrons. The van der Waals surface area contributed by atoms with Gasteiger partial charge in [0.05, 0.1) is 11.5 Å². The molecule has 0 spiro atoms. The van der Waals surface area contributed by atoms with Crippen LogP contribution < -0.4 is 5.32 Å². The third-order valence-electron chi connectivity index (χ3n) is 3.59. The molecule has 1 heterocycles. The molecule has 1 aliphatic heterocycles. The molecule has 20 heavy (non-hydrogen) atoms. The summed E-state index contributed by atoms with van der Waals surface area (Å²) < 4.78 is 5.37. The average molecular weight is 279 g/mol. The molecule has 0 amide bonds. The smallest absolute Gasteiger partial charge is 0.292 e. The Bertz CT molecular complexity index is 473. The van der Waals surface area contributed by atoms with Crippen molar-refractivity contribution in [3.05, 3.63) is 33.9 Å². The minimum absolute atomic E-state index is 0.139. The van der Waals surface area contributed by atoms with Gasteiger partial charge >= 0.3 is 0 Å². The van der Waals surface area contributed by atoms with Crippen molar-refractivity contribution in [2.45, 2.75) is 25.9 Å². The van der Waals surface area contributed by atoms with Crippen LogP contribution in [-0.2, 0) is 11.3 Å². The number of nitro groups is 1. The van der Waals surface area contributed by atoms with Gasteiger partial charge in [0.2, 0.25) is 0 Å². The first-order valence-corrected chi connectivity index (χ1v) is 6.91. The van der Waals surface area contributed by atoms with Crippen LogP contribution in [-0.4, -0.2) is 42.7 Å². The van der Waals surface area contributed by atoms with Gasteiger partial charge in [0.15, 0.2) is 0 Å². The molecule has 1 aromatic rings. The van der Waals surface area contributed by atoms with Gasteiger partial charge in [-0.25, -0.2) is 0 Å². The van der Waals surface area contributed by atoms with E-state index in [0.717, 1.165) is 25.2 Å². The number of nitro benzene ring substituents is 1. The molecule has 0 aliphatic carbocycles. The van der Waals surface area contributed by atoms with E-state index in [1.165, 1.54) is 0 Å². The van der Waals surface area contributed by atoms with Crippen molar-refractivity contribution in [3.8, 4) is 0 Å². The molecule has 1 saturated heterocycles. The molecule has 1 fully saturated rings. The number of rotatable bonds is 6. The molecule has 2 rings (SSSR count). The van der Waals surface area contributed by atoms with Crippen LogP contribution in [0, 0.1) is 10.1 Å². The number of hydrogen-bond donors (Lipinski definition) is 1. The number of benzene rings is 1. The maximum absolute atomic E-state index is 11.1. The van der Waals surface area contributed by atoms with E-state index in [0.29, 0.717) is 24.8 Å². The van der Waals surface area contributed by atoms with Gasteiger partial charge in [-0.2, -0.15) is 0 Å². The molecular formula is C14H21N3O3. The van der Waals surface area contributed by atoms with Gasteiger partial charge in [-0.15, -0.1) is 0 Å². The number of anilines is 1. The van der Waals surface area contributed by atoms with Crippen LogP contribution in [0.15, 0.2) is 18.2 Å². The molecule has 1 aromatic carbocycles. The number of hydrogen-bond acceptors (Lipinski definition) is 5. The van der Waals surface area contributed by atoms with Crippen molar-refractivity contribution in [1.82, 2.24) is 4.90 Å². The number of nitrogens with zero attached hydrogens (tertiary/aromatic N) is 2. The Morgan fingerprint density at radius 2 is 2.35 bits per heavy atom. The monoisotopic (exact) mass is 279 g/mol. The summed E-state index contributed by atoms with van der Waals surface area (Å²) in [4.78, 5) is 13.0. The van der Waals surface area contributed by atoms with Gasteiger partial charge in [-0.3, -0.25) is 15.0 Å². The zero-order valence-corrected chi connectivity index (χ0v) is 12.0. The minimum Gasteiger partial charge on any atom is -0.380 e. The molecule has 6 nitrogen and oxygen atoms in total. The predicted octanol–water partition coefficient (Wildman–Crippen LogP) is 2.25. The molecule has 0 bridgehead atoms. The lowest BCUT2D eigenvalue weighted by Gasteiger charge is -2.22. The van der Waals surface area contributed by atoms with Crippen molar-refractivity contribution < 1.29 is 9.66 Å². The van der Waals surface area contributed by atoms with E-state index in [-0.39, 0.29) is 10.6 Å². The van der Waals surface area contributed by atoms with Crippen molar-refractivity contribution >= 4 is 11.4 Å². The summed E-state index contributed by atoms with van der Waals surface area (Å²) in [6.07, 6.45) is 1.02. The van der Waals surface area contributed by atoms with Crippen LogP contribution in [0.3, 0.4) is 0 Å². The summed E-state index contributed by atoms with van der Waals surface area (Å²) in [6.45, 7) is 4.83. The van der Waals surface area contributed by atoms with Crippen LogP contribution in [0.5, 0.6) is 0 Å². The summed E-state index contributed by atoms with van der Waals surface area (Å²) in [6, 6.07) is 5.79. The van der Waals surface area contributed by atoms with Crippen LogP contribution in [0.2, 0.25) is 0 Å². The Hall–Kier alpha value is -1.66. The Morgan fingerprint density at radius 3 is 2.95 bits per heavy atom. The molecular weight excluding hydrogens is 258 g/mol. The Morgan fingerprint density at radius 1 is 1.55 bits per heavy atom. The first-order valence-electron chi connectivity index (χ1n) is 6.91. The van der Waals surface area contributed by atoms with E-state index in [1.807, 2.05) is 20.0 Å². The third kappa shape index (κ3) is 3.46. The van der Waals surface area contributed by atoms with E-state index in [1.54, 1.807) is 12.1 Å². The fourth-order valence-corrected chi connectivity index (χ4v) is 2.45. The highest BCUT2D eigenvalue weighted by Gasteiger charge is 2.21. The zero-order chi connectivity index (χ0) is 14.5. The van der Waals surface area contributed by atoms with Crippen LogP contribution in [0.4, 0.5) is 11.4 Å². The molecule has 0 saturated carbocycles. The fraction of sp³-hybridized carbons (Fsp3) is 0.571. The summed E-state index contributed by atoms with van der Waals surface area (Å²) in [5.74, 6) is 0. The van der Waals surface area contributed by atoms with Crippen molar-refractivity contribution in [2.24, 2.45) is 0 Å². The van der Waals surface area contributed by atoms with E-state index >= 15 is 0 Å². The van der Waals surface area contributed by atoms with E-state index in [9.17, 15) is 10.1 Å². The normalized spacial score (nSPS) is 18.4. The molecule has 6 heteroatoms. The highest BCUT2D eigenvalue weighted by atomic mass is 16.6. The summed E-state index contributed by atoms with van der Waals surface area (Å²) >= 11 is 0. The lowest BCUT2D eigenvalue weighted by atomic mass is 10.1. The summed E-state index contributed by atoms with van der Waals surface area (Å²) in [7, 11) is 2.03. The predicted molar refractivity (Wildman–Crippen MR) is 78.0 cm³/mol. The number of likely N-dealkylation sites (N-methyl/N-ethyl adjacent to an activating group) is 1. The van der Waals surface area contributed by atoms with Crippen LogP contribution >= 0.6 is 0 Å². The molecule has 0 radical (unpaired) electrons. The standard InChI is InChI=1S/C14H21N3O3/c1-3-15-13-5-4-11(8-14(13)17(18)19)9-16(2)12-6-7-20-10-12/h4-5,8,12,15H,3,6-7,9-10H2,1-2H3. The highest BCUT2D eigenvalue weighted by molar-refractivity contribution is 5.62. The maximum atomic E-state index is 11.1.